The molecular weight excluding hydrogens is 512 g/mol. The maximum atomic E-state index is 6.53. The van der Waals surface area contributed by atoms with Gasteiger partial charge in [0.1, 0.15) is 0 Å². The van der Waals surface area contributed by atoms with E-state index in [-0.39, 0.29) is 0 Å². The highest BCUT2D eigenvalue weighted by Crippen LogP contribution is 2.17. The maximum Gasteiger partial charge on any atom is 0.537 e. The van der Waals surface area contributed by atoms with Gasteiger partial charge in [0.25, 0.3) is 0 Å². The molecular formula is C30H58O6Si2. The van der Waals surface area contributed by atoms with Gasteiger partial charge in [-0.1, -0.05) is 104 Å². The van der Waals surface area contributed by atoms with Crippen LogP contribution in [0.3, 0.4) is 0 Å². The minimum absolute atomic E-state index is 0.641. The Morgan fingerprint density at radius 3 is 0.711 bits per heavy atom. The Morgan fingerprint density at radius 1 is 0.368 bits per heavy atom. The van der Waals surface area contributed by atoms with Gasteiger partial charge >= 0.3 is 17.6 Å². The van der Waals surface area contributed by atoms with Crippen LogP contribution in [0.15, 0.2) is 24.3 Å². The molecule has 1 aromatic carbocycles. The van der Waals surface area contributed by atoms with Crippen molar-refractivity contribution in [3.63, 3.8) is 0 Å². The summed E-state index contributed by atoms with van der Waals surface area (Å²) in [4.78, 5) is 0. The van der Waals surface area contributed by atoms with Crippen LogP contribution < -0.4 is 10.4 Å². The van der Waals surface area contributed by atoms with Gasteiger partial charge in [-0.05, 0) is 38.5 Å². The highest BCUT2D eigenvalue weighted by atomic mass is 28.4. The molecule has 0 aromatic heterocycles. The highest BCUT2D eigenvalue weighted by molar-refractivity contribution is 6.77. The number of hydrogen-bond acceptors (Lipinski definition) is 6. The fourth-order valence-corrected chi connectivity index (χ4v) is 8.86. The quantitative estimate of drug-likeness (QED) is 0.0894. The van der Waals surface area contributed by atoms with E-state index < -0.39 is 17.6 Å². The molecule has 8 heteroatoms. The zero-order chi connectivity index (χ0) is 28.0. The number of rotatable bonds is 26. The van der Waals surface area contributed by atoms with Gasteiger partial charge in [0.2, 0.25) is 0 Å². The molecule has 222 valence electrons. The normalized spacial score (nSPS) is 12.4. The fraction of sp³-hybridized carbons (Fsp3) is 0.800. The molecule has 0 N–H and O–H groups in total. The van der Waals surface area contributed by atoms with E-state index in [1.807, 2.05) is 0 Å². The van der Waals surface area contributed by atoms with Gasteiger partial charge in [0, 0.05) is 50.0 Å². The monoisotopic (exact) mass is 570 g/mol. The summed E-state index contributed by atoms with van der Waals surface area (Å²) in [6.45, 7) is 16.9. The zero-order valence-electron chi connectivity index (χ0n) is 25.5. The molecule has 1 aromatic rings. The van der Waals surface area contributed by atoms with Crippen LogP contribution in [0.2, 0.25) is 0 Å². The lowest BCUT2D eigenvalue weighted by atomic mass is 10.4. The Bertz CT molecular complexity index is 563. The molecule has 0 fully saturated rings. The van der Waals surface area contributed by atoms with E-state index in [1.165, 1.54) is 0 Å². The lowest BCUT2D eigenvalue weighted by Gasteiger charge is -2.32. The smallest absolute Gasteiger partial charge is 0.370 e. The average Bonchev–Trinajstić information content (AvgIpc) is 2.93. The third kappa shape index (κ3) is 12.7. The van der Waals surface area contributed by atoms with Crippen molar-refractivity contribution in [3.05, 3.63) is 24.3 Å². The van der Waals surface area contributed by atoms with E-state index in [9.17, 15) is 0 Å². The van der Waals surface area contributed by atoms with E-state index in [2.05, 4.69) is 65.8 Å². The van der Waals surface area contributed by atoms with Gasteiger partial charge in [-0.25, -0.2) is 0 Å². The molecule has 0 heterocycles. The molecule has 0 spiro atoms. The SMILES string of the molecule is CCCCO[Si](OCCCC)(OCCCC)c1ccc([Si](OCCCC)(OCCCC)OCCCC)cc1. The summed E-state index contributed by atoms with van der Waals surface area (Å²) in [5.74, 6) is 0. The first-order valence-corrected chi connectivity index (χ1v) is 19.0. The number of benzene rings is 1. The summed E-state index contributed by atoms with van der Waals surface area (Å²) in [6.07, 6.45) is 12.3. The van der Waals surface area contributed by atoms with Gasteiger partial charge in [-0.2, -0.15) is 0 Å². The van der Waals surface area contributed by atoms with Crippen LogP contribution in [0.4, 0.5) is 0 Å². The van der Waals surface area contributed by atoms with Crippen molar-refractivity contribution in [1.82, 2.24) is 0 Å². The minimum Gasteiger partial charge on any atom is -0.370 e. The predicted molar refractivity (Wildman–Crippen MR) is 162 cm³/mol. The van der Waals surface area contributed by atoms with Crippen LogP contribution in [-0.2, 0) is 26.6 Å². The molecule has 0 aliphatic carbocycles. The van der Waals surface area contributed by atoms with Gasteiger partial charge < -0.3 is 26.6 Å². The van der Waals surface area contributed by atoms with Crippen LogP contribution in [0.25, 0.3) is 0 Å². The van der Waals surface area contributed by atoms with E-state index in [0.29, 0.717) is 39.6 Å². The maximum absolute atomic E-state index is 6.53. The molecule has 0 amide bonds. The summed E-state index contributed by atoms with van der Waals surface area (Å²) in [7, 11) is -6.13. The molecule has 0 atom stereocenters. The second kappa shape index (κ2) is 22.1. The summed E-state index contributed by atoms with van der Waals surface area (Å²) < 4.78 is 39.2. The summed E-state index contributed by atoms with van der Waals surface area (Å²) in [5, 5.41) is 2.01. The van der Waals surface area contributed by atoms with Gasteiger partial charge in [0.15, 0.2) is 0 Å². The Balaban J connectivity index is 3.39. The first-order valence-electron chi connectivity index (χ1n) is 15.5. The molecule has 0 saturated carbocycles. The number of unbranched alkanes of at least 4 members (excludes halogenated alkanes) is 6. The van der Waals surface area contributed by atoms with Crippen LogP contribution in [0.5, 0.6) is 0 Å². The summed E-state index contributed by atoms with van der Waals surface area (Å²) in [6, 6.07) is 8.46. The lowest BCUT2D eigenvalue weighted by molar-refractivity contribution is 0.0687. The Labute approximate surface area is 236 Å². The zero-order valence-corrected chi connectivity index (χ0v) is 27.5. The molecule has 0 aliphatic heterocycles. The van der Waals surface area contributed by atoms with Gasteiger partial charge in [-0.3, -0.25) is 0 Å². The predicted octanol–water partition coefficient (Wildman–Crippen LogP) is 6.88. The molecule has 0 saturated heterocycles. The third-order valence-electron chi connectivity index (χ3n) is 6.33. The standard InChI is InChI=1S/C30H58O6Si2/c1-7-13-23-31-37(32-24-14-8-2,33-25-15-9-3)29-19-21-30(22-20-29)38(34-26-16-10-4,35-27-17-11-5)36-28-18-12-6/h19-22H,7-18,23-28H2,1-6H3. The molecule has 1 rings (SSSR count). The van der Waals surface area contributed by atoms with Crippen molar-refractivity contribution in [2.75, 3.05) is 39.6 Å². The Morgan fingerprint density at radius 2 is 0.553 bits per heavy atom. The van der Waals surface area contributed by atoms with Gasteiger partial charge in [0.05, 0.1) is 0 Å². The highest BCUT2D eigenvalue weighted by Gasteiger charge is 2.47. The Kier molecular flexibility index (Phi) is 20.7. The van der Waals surface area contributed by atoms with Crippen molar-refractivity contribution >= 4 is 28.0 Å². The lowest BCUT2D eigenvalue weighted by Crippen LogP contribution is -2.60. The van der Waals surface area contributed by atoms with Crippen LogP contribution in [-0.4, -0.2) is 57.3 Å². The second-order valence-corrected chi connectivity index (χ2v) is 15.0. The second-order valence-electron chi connectivity index (χ2n) is 9.90. The van der Waals surface area contributed by atoms with E-state index in [4.69, 9.17) is 26.6 Å². The summed E-state index contributed by atoms with van der Waals surface area (Å²) in [5.41, 5.74) is 0. The molecule has 0 unspecified atom stereocenters. The summed E-state index contributed by atoms with van der Waals surface area (Å²) >= 11 is 0. The molecule has 0 bridgehead atoms. The van der Waals surface area contributed by atoms with Crippen LogP contribution in [0.1, 0.15) is 119 Å². The van der Waals surface area contributed by atoms with Crippen molar-refractivity contribution in [2.24, 2.45) is 0 Å². The van der Waals surface area contributed by atoms with E-state index in [1.54, 1.807) is 0 Å². The van der Waals surface area contributed by atoms with Crippen molar-refractivity contribution in [2.45, 2.75) is 119 Å². The largest absolute Gasteiger partial charge is 0.537 e. The molecule has 0 radical (unpaired) electrons. The third-order valence-corrected chi connectivity index (χ3v) is 11.9. The van der Waals surface area contributed by atoms with Crippen molar-refractivity contribution in [1.29, 1.82) is 0 Å². The topological polar surface area (TPSA) is 55.4 Å². The van der Waals surface area contributed by atoms with Crippen LogP contribution in [0, 0.1) is 0 Å². The van der Waals surface area contributed by atoms with E-state index in [0.717, 1.165) is 87.4 Å². The first kappa shape index (κ1) is 35.4. The number of hydrogen-bond donors (Lipinski definition) is 0. The molecule has 38 heavy (non-hydrogen) atoms. The van der Waals surface area contributed by atoms with Gasteiger partial charge in [-0.15, -0.1) is 0 Å². The van der Waals surface area contributed by atoms with Crippen LogP contribution >= 0.6 is 0 Å². The van der Waals surface area contributed by atoms with Crippen molar-refractivity contribution < 1.29 is 26.6 Å². The van der Waals surface area contributed by atoms with E-state index >= 15 is 0 Å². The average molecular weight is 571 g/mol. The fourth-order valence-electron chi connectivity index (χ4n) is 3.73. The Hall–Kier alpha value is -0.586. The minimum atomic E-state index is -3.07. The first-order chi connectivity index (χ1) is 18.6. The van der Waals surface area contributed by atoms with Crippen molar-refractivity contribution in [3.8, 4) is 0 Å². The molecule has 6 nitrogen and oxygen atoms in total. The molecule has 0 aliphatic rings.